The molecule has 6 nitrogen and oxygen atoms in total. The summed E-state index contributed by atoms with van der Waals surface area (Å²) in [4.78, 5) is 27.6. The van der Waals surface area contributed by atoms with E-state index >= 15 is 0 Å². The fourth-order valence-corrected chi connectivity index (χ4v) is 4.28. The van der Waals surface area contributed by atoms with E-state index in [1.54, 1.807) is 38.3 Å². The van der Waals surface area contributed by atoms with Gasteiger partial charge in [0.25, 0.3) is 11.7 Å². The molecule has 1 atom stereocenters. The number of halogens is 1. The second-order valence-corrected chi connectivity index (χ2v) is 8.29. The first kappa shape index (κ1) is 23.0. The molecule has 34 heavy (non-hydrogen) atoms. The molecule has 3 aromatic rings. The fourth-order valence-electron chi connectivity index (χ4n) is 4.28. The van der Waals surface area contributed by atoms with Crippen LogP contribution in [0.4, 0.5) is 4.39 Å². The maximum atomic E-state index is 13.4. The summed E-state index contributed by atoms with van der Waals surface area (Å²) in [6, 6.07) is 14.3. The number of nitrogens with zero attached hydrogens (tertiary/aromatic N) is 1. The molecule has 3 aromatic carbocycles. The van der Waals surface area contributed by atoms with E-state index < -0.39 is 23.5 Å². The van der Waals surface area contributed by atoms with Crippen LogP contribution in [-0.2, 0) is 16.1 Å². The Hall–Kier alpha value is -4.13. The Morgan fingerprint density at radius 2 is 1.74 bits per heavy atom. The summed E-state index contributed by atoms with van der Waals surface area (Å²) < 4.78 is 18.7. The number of ether oxygens (including phenoxy) is 1. The number of hydrogen-bond acceptors (Lipinski definition) is 5. The minimum Gasteiger partial charge on any atom is -0.508 e. The van der Waals surface area contributed by atoms with Gasteiger partial charge in [0.15, 0.2) is 0 Å². The molecule has 0 spiro atoms. The molecule has 0 saturated carbocycles. The molecular weight excluding hydrogens is 437 g/mol. The molecule has 1 fully saturated rings. The van der Waals surface area contributed by atoms with Crippen molar-refractivity contribution in [2.45, 2.75) is 26.4 Å². The average molecular weight is 461 g/mol. The summed E-state index contributed by atoms with van der Waals surface area (Å²) in [5, 5.41) is 21.4. The fraction of sp³-hybridized carbons (Fsp3) is 0.185. The van der Waals surface area contributed by atoms with Crippen molar-refractivity contribution in [1.29, 1.82) is 0 Å². The molecule has 2 N–H and O–H groups in total. The van der Waals surface area contributed by atoms with E-state index in [1.165, 1.54) is 41.3 Å². The molecule has 0 aromatic heterocycles. The standard InChI is InChI=1S/C27H24FNO5/c1-15-12-22(34-3)16(2)11-21(15)25(31)23-24(18-5-4-6-20(30)13-18)29(27(33)26(23)32)14-17-7-9-19(28)10-8-17/h4-13,24,30-31H,14H2,1-3H3/b25-23+. The van der Waals surface area contributed by atoms with Gasteiger partial charge in [-0.1, -0.05) is 24.3 Å². The van der Waals surface area contributed by atoms with Gasteiger partial charge in [0.05, 0.1) is 18.7 Å². The van der Waals surface area contributed by atoms with Crippen LogP contribution in [0, 0.1) is 19.7 Å². The molecule has 7 heteroatoms. The van der Waals surface area contributed by atoms with Crippen LogP contribution >= 0.6 is 0 Å². The Labute approximate surface area is 196 Å². The highest BCUT2D eigenvalue weighted by atomic mass is 19.1. The highest BCUT2D eigenvalue weighted by molar-refractivity contribution is 6.46. The lowest BCUT2D eigenvalue weighted by Gasteiger charge is -2.25. The zero-order valence-electron chi connectivity index (χ0n) is 19.0. The number of amides is 1. The van der Waals surface area contributed by atoms with Gasteiger partial charge in [-0.05, 0) is 72.5 Å². The summed E-state index contributed by atoms with van der Waals surface area (Å²) >= 11 is 0. The number of phenolic OH excluding ortho intramolecular Hbond substituents is 1. The minimum absolute atomic E-state index is 0.0164. The van der Waals surface area contributed by atoms with Gasteiger partial charge >= 0.3 is 0 Å². The molecule has 1 saturated heterocycles. The number of hydrogen-bond donors (Lipinski definition) is 2. The minimum atomic E-state index is -0.945. The zero-order chi connectivity index (χ0) is 24.6. The molecule has 0 radical (unpaired) electrons. The SMILES string of the molecule is COc1cc(C)c(/C(O)=C2\C(=O)C(=O)N(Cc3ccc(F)cc3)C2c2cccc(O)c2)cc1C. The molecule has 1 aliphatic heterocycles. The first-order valence-corrected chi connectivity index (χ1v) is 10.7. The number of phenols is 1. The zero-order valence-corrected chi connectivity index (χ0v) is 19.0. The lowest BCUT2D eigenvalue weighted by atomic mass is 9.93. The first-order chi connectivity index (χ1) is 16.2. The Morgan fingerprint density at radius 1 is 1.03 bits per heavy atom. The first-order valence-electron chi connectivity index (χ1n) is 10.7. The normalized spacial score (nSPS) is 17.3. The summed E-state index contributed by atoms with van der Waals surface area (Å²) in [5.41, 5.74) is 2.83. The van der Waals surface area contributed by atoms with E-state index in [1.807, 2.05) is 6.92 Å². The average Bonchev–Trinajstić information content (AvgIpc) is 3.06. The van der Waals surface area contributed by atoms with Crippen molar-refractivity contribution in [3.8, 4) is 11.5 Å². The maximum absolute atomic E-state index is 13.4. The van der Waals surface area contributed by atoms with Gasteiger partial charge in [-0.2, -0.15) is 0 Å². The lowest BCUT2D eigenvalue weighted by molar-refractivity contribution is -0.140. The number of aliphatic hydroxyl groups excluding tert-OH is 1. The van der Waals surface area contributed by atoms with Gasteiger partial charge in [-0.25, -0.2) is 4.39 Å². The van der Waals surface area contributed by atoms with Gasteiger partial charge in [-0.15, -0.1) is 0 Å². The molecule has 1 aliphatic rings. The Balaban J connectivity index is 1.89. The summed E-state index contributed by atoms with van der Waals surface area (Å²) in [7, 11) is 1.55. The topological polar surface area (TPSA) is 87.1 Å². The van der Waals surface area contributed by atoms with Crippen LogP contribution < -0.4 is 4.74 Å². The number of likely N-dealkylation sites (tertiary alicyclic amines) is 1. The van der Waals surface area contributed by atoms with Crippen molar-refractivity contribution < 1.29 is 28.9 Å². The highest BCUT2D eigenvalue weighted by Crippen LogP contribution is 2.42. The molecule has 1 amide bonds. The van der Waals surface area contributed by atoms with E-state index in [4.69, 9.17) is 4.74 Å². The number of rotatable bonds is 5. The number of aromatic hydroxyl groups is 1. The number of aryl methyl sites for hydroxylation is 2. The van der Waals surface area contributed by atoms with Crippen molar-refractivity contribution in [3.63, 3.8) is 0 Å². The van der Waals surface area contributed by atoms with Crippen LogP contribution in [0.5, 0.6) is 11.5 Å². The van der Waals surface area contributed by atoms with E-state index in [0.29, 0.717) is 28.0 Å². The lowest BCUT2D eigenvalue weighted by Crippen LogP contribution is -2.29. The van der Waals surface area contributed by atoms with Crippen molar-refractivity contribution in [3.05, 3.63) is 99.9 Å². The van der Waals surface area contributed by atoms with E-state index in [2.05, 4.69) is 0 Å². The maximum Gasteiger partial charge on any atom is 0.295 e. The quantitative estimate of drug-likeness (QED) is 0.324. The van der Waals surface area contributed by atoms with Gasteiger partial charge in [-0.3, -0.25) is 9.59 Å². The van der Waals surface area contributed by atoms with Crippen LogP contribution in [0.25, 0.3) is 5.76 Å². The number of Topliss-reactive ketones (excluding diaryl/α,β-unsaturated/α-hetero) is 1. The van der Waals surface area contributed by atoms with Crippen molar-refractivity contribution in [1.82, 2.24) is 4.90 Å². The number of carbonyl (C=O) groups is 2. The largest absolute Gasteiger partial charge is 0.508 e. The third-order valence-electron chi connectivity index (χ3n) is 5.99. The number of ketones is 1. The van der Waals surface area contributed by atoms with Crippen molar-refractivity contribution in [2.24, 2.45) is 0 Å². The molecular formula is C27H24FNO5. The molecule has 0 bridgehead atoms. The number of carbonyl (C=O) groups excluding carboxylic acids is 2. The predicted octanol–water partition coefficient (Wildman–Crippen LogP) is 4.78. The smallest absolute Gasteiger partial charge is 0.295 e. The van der Waals surface area contributed by atoms with Crippen LogP contribution in [0.3, 0.4) is 0 Å². The van der Waals surface area contributed by atoms with Crippen molar-refractivity contribution in [2.75, 3.05) is 7.11 Å². The third-order valence-corrected chi connectivity index (χ3v) is 5.99. The second kappa shape index (κ2) is 9.02. The molecule has 1 heterocycles. The van der Waals surface area contributed by atoms with Crippen molar-refractivity contribution >= 4 is 17.4 Å². The Bertz CT molecular complexity index is 1310. The molecule has 0 aliphatic carbocycles. The van der Waals surface area contributed by atoms with E-state index in [9.17, 15) is 24.2 Å². The molecule has 1 unspecified atom stereocenters. The number of methoxy groups -OCH3 is 1. The van der Waals surface area contributed by atoms with Crippen LogP contribution in [0.2, 0.25) is 0 Å². The highest BCUT2D eigenvalue weighted by Gasteiger charge is 2.46. The Morgan fingerprint density at radius 3 is 2.38 bits per heavy atom. The monoisotopic (exact) mass is 461 g/mol. The van der Waals surface area contributed by atoms with Crippen LogP contribution in [0.1, 0.15) is 33.9 Å². The van der Waals surface area contributed by atoms with Crippen LogP contribution in [-0.4, -0.2) is 33.9 Å². The summed E-state index contributed by atoms with van der Waals surface area (Å²) in [6.45, 7) is 3.60. The predicted molar refractivity (Wildman–Crippen MR) is 125 cm³/mol. The van der Waals surface area contributed by atoms with Gasteiger partial charge in [0.1, 0.15) is 23.1 Å². The molecule has 4 rings (SSSR count). The second-order valence-electron chi connectivity index (χ2n) is 8.29. The summed E-state index contributed by atoms with van der Waals surface area (Å²) in [5.74, 6) is -1.75. The van der Waals surface area contributed by atoms with Gasteiger partial charge < -0.3 is 19.8 Å². The molecule has 174 valence electrons. The van der Waals surface area contributed by atoms with Gasteiger partial charge in [0, 0.05) is 12.1 Å². The number of aliphatic hydroxyl groups is 1. The van der Waals surface area contributed by atoms with Crippen LogP contribution in [0.15, 0.2) is 66.2 Å². The number of benzene rings is 3. The Kier molecular flexibility index (Phi) is 6.11. The summed E-state index contributed by atoms with van der Waals surface area (Å²) in [6.07, 6.45) is 0. The third kappa shape index (κ3) is 4.12. The van der Waals surface area contributed by atoms with E-state index in [0.717, 1.165) is 5.56 Å². The van der Waals surface area contributed by atoms with E-state index in [-0.39, 0.29) is 23.6 Å². The van der Waals surface area contributed by atoms with Gasteiger partial charge in [0.2, 0.25) is 0 Å².